The second-order valence-corrected chi connectivity index (χ2v) is 4.31. The number of hydrogen-bond donors (Lipinski definition) is 0. The molecule has 1 aliphatic rings. The van der Waals surface area contributed by atoms with Gasteiger partial charge < -0.3 is 9.80 Å². The van der Waals surface area contributed by atoms with Gasteiger partial charge in [0.2, 0.25) is 6.41 Å². The summed E-state index contributed by atoms with van der Waals surface area (Å²) in [6.45, 7) is 0.857. The maximum atomic E-state index is 11.0. The van der Waals surface area contributed by atoms with E-state index < -0.39 is 0 Å². The van der Waals surface area contributed by atoms with E-state index in [4.69, 9.17) is 0 Å². The summed E-state index contributed by atoms with van der Waals surface area (Å²) >= 11 is 0. The topological polar surface area (TPSA) is 36.4 Å². The Morgan fingerprint density at radius 1 is 1.56 bits per heavy atom. The fourth-order valence-corrected chi connectivity index (χ4v) is 2.29. The summed E-state index contributed by atoms with van der Waals surface area (Å²) in [5.74, 6) is 0.959. The number of pyridine rings is 1. The lowest BCUT2D eigenvalue weighted by Gasteiger charge is -2.24. The Kier molecular flexibility index (Phi) is 3.08. The lowest BCUT2D eigenvalue weighted by atomic mass is 10.1. The first-order valence-corrected chi connectivity index (χ1v) is 5.57. The highest BCUT2D eigenvalue weighted by Gasteiger charge is 2.27. The van der Waals surface area contributed by atoms with Gasteiger partial charge >= 0.3 is 0 Å². The minimum atomic E-state index is 0.198. The Hall–Kier alpha value is -1.58. The highest BCUT2D eigenvalue weighted by Crippen LogP contribution is 2.34. The van der Waals surface area contributed by atoms with Gasteiger partial charge in [0.1, 0.15) is 5.82 Å². The van der Waals surface area contributed by atoms with Crippen molar-refractivity contribution in [3.8, 4) is 0 Å². The number of anilines is 1. The molecule has 1 aromatic rings. The van der Waals surface area contributed by atoms with Gasteiger partial charge in [-0.3, -0.25) is 4.79 Å². The molecule has 0 N–H and O–H groups in total. The molecule has 0 aromatic carbocycles. The maximum absolute atomic E-state index is 11.0. The third-order valence-corrected chi connectivity index (χ3v) is 3.03. The van der Waals surface area contributed by atoms with Crippen LogP contribution in [0.25, 0.3) is 0 Å². The Morgan fingerprint density at radius 3 is 3.06 bits per heavy atom. The van der Waals surface area contributed by atoms with Crippen LogP contribution in [0.4, 0.5) is 5.82 Å². The van der Waals surface area contributed by atoms with Crippen LogP contribution >= 0.6 is 0 Å². The van der Waals surface area contributed by atoms with E-state index in [0.29, 0.717) is 0 Å². The van der Waals surface area contributed by atoms with Crippen LogP contribution in [0.15, 0.2) is 18.3 Å². The molecule has 2 heterocycles. The highest BCUT2D eigenvalue weighted by molar-refractivity contribution is 5.54. The summed E-state index contributed by atoms with van der Waals surface area (Å²) in [6.07, 6.45) is 4.85. The van der Waals surface area contributed by atoms with Gasteiger partial charge in [0.15, 0.2) is 0 Å². The summed E-state index contributed by atoms with van der Waals surface area (Å²) in [6, 6.07) is 4.20. The summed E-state index contributed by atoms with van der Waals surface area (Å²) in [4.78, 5) is 19.2. The van der Waals surface area contributed by atoms with E-state index in [-0.39, 0.29) is 6.04 Å². The molecule has 4 heteroatoms. The number of likely N-dealkylation sites (tertiary alicyclic amines) is 1. The molecule has 1 aromatic heterocycles. The molecule has 0 aliphatic carbocycles. The molecule has 0 saturated carbocycles. The van der Waals surface area contributed by atoms with Gasteiger partial charge in [-0.1, -0.05) is 6.07 Å². The molecule has 4 nitrogen and oxygen atoms in total. The first-order valence-electron chi connectivity index (χ1n) is 5.57. The number of nitrogens with zero attached hydrogens (tertiary/aromatic N) is 3. The lowest BCUT2D eigenvalue weighted by Crippen LogP contribution is -2.24. The minimum Gasteiger partial charge on any atom is -0.362 e. The van der Waals surface area contributed by atoms with Crippen molar-refractivity contribution in [2.45, 2.75) is 18.9 Å². The molecule has 1 aliphatic heterocycles. The van der Waals surface area contributed by atoms with E-state index in [0.717, 1.165) is 37.2 Å². The van der Waals surface area contributed by atoms with E-state index in [1.165, 1.54) is 0 Å². The first kappa shape index (κ1) is 10.9. The van der Waals surface area contributed by atoms with Crippen molar-refractivity contribution in [1.82, 2.24) is 9.88 Å². The zero-order valence-electron chi connectivity index (χ0n) is 9.76. The van der Waals surface area contributed by atoms with Crippen molar-refractivity contribution >= 4 is 12.2 Å². The zero-order valence-corrected chi connectivity index (χ0v) is 9.76. The predicted molar refractivity (Wildman–Crippen MR) is 63.3 cm³/mol. The van der Waals surface area contributed by atoms with Crippen LogP contribution < -0.4 is 4.90 Å². The summed E-state index contributed by atoms with van der Waals surface area (Å²) < 4.78 is 0. The second kappa shape index (κ2) is 4.51. The van der Waals surface area contributed by atoms with Gasteiger partial charge in [0.25, 0.3) is 0 Å². The molecule has 1 amide bonds. The molecule has 2 rings (SSSR count). The monoisotopic (exact) mass is 219 g/mol. The average molecular weight is 219 g/mol. The van der Waals surface area contributed by atoms with Gasteiger partial charge in [-0.15, -0.1) is 0 Å². The lowest BCUT2D eigenvalue weighted by molar-refractivity contribution is -0.118. The summed E-state index contributed by atoms with van der Waals surface area (Å²) in [7, 11) is 3.96. The van der Waals surface area contributed by atoms with Crippen LogP contribution in [0.3, 0.4) is 0 Å². The van der Waals surface area contributed by atoms with Crippen molar-refractivity contribution in [2.75, 3.05) is 25.5 Å². The summed E-state index contributed by atoms with van der Waals surface area (Å²) in [5, 5.41) is 0. The van der Waals surface area contributed by atoms with Gasteiger partial charge in [0.05, 0.1) is 6.04 Å². The molecule has 1 atom stereocenters. The molecule has 16 heavy (non-hydrogen) atoms. The Morgan fingerprint density at radius 2 is 2.38 bits per heavy atom. The predicted octanol–water partition coefficient (Wildman–Crippen LogP) is 1.44. The number of carbonyl (C=O) groups is 1. The largest absolute Gasteiger partial charge is 0.362 e. The van der Waals surface area contributed by atoms with Crippen molar-refractivity contribution in [2.24, 2.45) is 0 Å². The Balaban J connectivity index is 2.35. The van der Waals surface area contributed by atoms with E-state index in [1.807, 2.05) is 30.0 Å². The third-order valence-electron chi connectivity index (χ3n) is 3.03. The second-order valence-electron chi connectivity index (χ2n) is 4.31. The molecular weight excluding hydrogens is 202 g/mol. The van der Waals surface area contributed by atoms with Crippen LogP contribution in [0.2, 0.25) is 0 Å². The zero-order chi connectivity index (χ0) is 11.5. The van der Waals surface area contributed by atoms with Crippen LogP contribution in [0.1, 0.15) is 24.4 Å². The average Bonchev–Trinajstić information content (AvgIpc) is 2.76. The van der Waals surface area contributed by atoms with Crippen LogP contribution in [0, 0.1) is 0 Å². The first-order chi connectivity index (χ1) is 7.74. The van der Waals surface area contributed by atoms with Crippen molar-refractivity contribution in [3.63, 3.8) is 0 Å². The van der Waals surface area contributed by atoms with Crippen molar-refractivity contribution in [3.05, 3.63) is 23.9 Å². The van der Waals surface area contributed by atoms with E-state index in [2.05, 4.69) is 11.1 Å². The molecule has 0 spiro atoms. The van der Waals surface area contributed by atoms with Crippen LogP contribution in [-0.4, -0.2) is 36.9 Å². The van der Waals surface area contributed by atoms with Crippen LogP contribution in [-0.2, 0) is 4.79 Å². The minimum absolute atomic E-state index is 0.198. The fourth-order valence-electron chi connectivity index (χ4n) is 2.29. The summed E-state index contributed by atoms with van der Waals surface area (Å²) in [5.41, 5.74) is 1.15. The SMILES string of the molecule is CN(C)c1ncccc1C1CCCN1C=O. The third kappa shape index (κ3) is 1.87. The molecule has 1 unspecified atom stereocenters. The van der Waals surface area contributed by atoms with Crippen LogP contribution in [0.5, 0.6) is 0 Å². The Bertz CT molecular complexity index is 378. The smallest absolute Gasteiger partial charge is 0.210 e. The molecule has 86 valence electrons. The van der Waals surface area contributed by atoms with Gasteiger partial charge in [0, 0.05) is 32.4 Å². The van der Waals surface area contributed by atoms with Crippen molar-refractivity contribution in [1.29, 1.82) is 0 Å². The quantitative estimate of drug-likeness (QED) is 0.722. The normalized spacial score (nSPS) is 19.9. The number of rotatable bonds is 3. The molecule has 0 bridgehead atoms. The molecule has 1 saturated heterocycles. The fraction of sp³-hybridized carbons (Fsp3) is 0.500. The van der Waals surface area contributed by atoms with Crippen molar-refractivity contribution < 1.29 is 4.79 Å². The van der Waals surface area contributed by atoms with E-state index >= 15 is 0 Å². The maximum Gasteiger partial charge on any atom is 0.210 e. The van der Waals surface area contributed by atoms with Gasteiger partial charge in [-0.2, -0.15) is 0 Å². The number of carbonyl (C=O) groups excluding carboxylic acids is 1. The Labute approximate surface area is 95.9 Å². The molecule has 0 radical (unpaired) electrons. The molecule has 1 fully saturated rings. The number of amides is 1. The van der Waals surface area contributed by atoms with Gasteiger partial charge in [-0.25, -0.2) is 4.98 Å². The van der Waals surface area contributed by atoms with E-state index in [9.17, 15) is 4.79 Å². The highest BCUT2D eigenvalue weighted by atomic mass is 16.1. The van der Waals surface area contributed by atoms with E-state index in [1.54, 1.807) is 6.20 Å². The standard InChI is InChI=1S/C12H17N3O/c1-14(2)12-10(5-3-7-13-12)11-6-4-8-15(11)9-16/h3,5,7,9,11H,4,6,8H2,1-2H3. The number of aromatic nitrogens is 1. The number of hydrogen-bond acceptors (Lipinski definition) is 3. The molecular formula is C12H17N3O. The van der Waals surface area contributed by atoms with Gasteiger partial charge in [-0.05, 0) is 18.9 Å².